The summed E-state index contributed by atoms with van der Waals surface area (Å²) in [6.45, 7) is 3.13. The van der Waals surface area contributed by atoms with Gasteiger partial charge in [0.1, 0.15) is 5.65 Å². The lowest BCUT2D eigenvalue weighted by molar-refractivity contribution is 0.293. The zero-order valence-corrected chi connectivity index (χ0v) is 15.0. The Morgan fingerprint density at radius 2 is 2.09 bits per heavy atom. The first-order valence-corrected chi connectivity index (χ1v) is 8.96. The molecule has 0 amide bonds. The lowest BCUT2D eigenvalue weighted by Crippen LogP contribution is -2.28. The molecule has 3 nitrogen and oxygen atoms in total. The van der Waals surface area contributed by atoms with Gasteiger partial charge in [0.2, 0.25) is 0 Å². The highest BCUT2D eigenvalue weighted by Crippen LogP contribution is 2.29. The average molecular weight is 415 g/mol. The third-order valence-corrected chi connectivity index (χ3v) is 5.49. The third-order valence-electron chi connectivity index (χ3n) is 4.44. The minimum absolute atomic E-state index is 0.977. The molecule has 0 fully saturated rings. The second-order valence-corrected chi connectivity index (χ2v) is 7.07. The van der Waals surface area contributed by atoms with Gasteiger partial charge in [0.05, 0.1) is 0 Å². The molecule has 1 aromatic carbocycles. The molecular formula is C19H18IN3. The van der Waals surface area contributed by atoms with Crippen LogP contribution < -0.4 is 0 Å². The van der Waals surface area contributed by atoms with E-state index in [4.69, 9.17) is 0 Å². The highest BCUT2D eigenvalue weighted by Gasteiger charge is 2.16. The Morgan fingerprint density at radius 1 is 1.17 bits per heavy atom. The second-order valence-electron chi connectivity index (χ2n) is 5.91. The largest absolute Gasteiger partial charge is 0.346 e. The van der Waals surface area contributed by atoms with Crippen molar-refractivity contribution in [1.29, 1.82) is 0 Å². The molecule has 4 heteroatoms. The van der Waals surface area contributed by atoms with Crippen LogP contribution in [0.2, 0.25) is 0 Å². The number of aromatic amines is 1. The standard InChI is InChI=1S/C19H18IN3/c20-18-6-2-1-4-15(18)13-23-10-7-14(8-11-23)17-12-22-19-16(17)5-3-9-21-19/h1-7,9,12H,8,10-11,13H2,(H,21,22). The van der Waals surface area contributed by atoms with E-state index in [9.17, 15) is 0 Å². The van der Waals surface area contributed by atoms with Crippen LogP contribution in [0.4, 0.5) is 0 Å². The number of fused-ring (bicyclic) bond motifs is 1. The van der Waals surface area contributed by atoms with Crippen molar-refractivity contribution in [3.05, 3.63) is 69.6 Å². The van der Waals surface area contributed by atoms with Gasteiger partial charge in [-0.05, 0) is 58.3 Å². The van der Waals surface area contributed by atoms with Crippen LogP contribution in [-0.4, -0.2) is 28.0 Å². The van der Waals surface area contributed by atoms with E-state index in [0.29, 0.717) is 0 Å². The molecule has 0 spiro atoms. The summed E-state index contributed by atoms with van der Waals surface area (Å²) in [5.74, 6) is 0. The molecular weight excluding hydrogens is 397 g/mol. The fraction of sp³-hybridized carbons (Fsp3) is 0.211. The number of nitrogens with zero attached hydrogens (tertiary/aromatic N) is 2. The van der Waals surface area contributed by atoms with Crippen molar-refractivity contribution in [3.63, 3.8) is 0 Å². The maximum Gasteiger partial charge on any atom is 0.137 e. The Balaban J connectivity index is 1.52. The van der Waals surface area contributed by atoms with E-state index in [-0.39, 0.29) is 0 Å². The highest BCUT2D eigenvalue weighted by molar-refractivity contribution is 14.1. The number of aromatic nitrogens is 2. The van der Waals surface area contributed by atoms with Gasteiger partial charge in [0.25, 0.3) is 0 Å². The first-order valence-electron chi connectivity index (χ1n) is 7.88. The average Bonchev–Trinajstić information content (AvgIpc) is 3.02. The smallest absolute Gasteiger partial charge is 0.137 e. The normalized spacial score (nSPS) is 15.8. The monoisotopic (exact) mass is 415 g/mol. The molecule has 1 N–H and O–H groups in total. The first-order chi connectivity index (χ1) is 11.3. The Kier molecular flexibility index (Phi) is 4.18. The van der Waals surface area contributed by atoms with Gasteiger partial charge in [0, 0.05) is 46.5 Å². The Labute approximate surface area is 149 Å². The van der Waals surface area contributed by atoms with E-state index in [1.54, 1.807) is 0 Å². The third kappa shape index (κ3) is 3.05. The van der Waals surface area contributed by atoms with Crippen molar-refractivity contribution in [1.82, 2.24) is 14.9 Å². The van der Waals surface area contributed by atoms with Crippen LogP contribution in [0, 0.1) is 3.57 Å². The minimum Gasteiger partial charge on any atom is -0.346 e. The van der Waals surface area contributed by atoms with E-state index in [1.807, 2.05) is 12.3 Å². The van der Waals surface area contributed by atoms with Crippen LogP contribution in [0.15, 0.2) is 54.9 Å². The van der Waals surface area contributed by atoms with Crippen LogP contribution in [0.1, 0.15) is 17.5 Å². The molecule has 0 radical (unpaired) electrons. The summed E-state index contributed by atoms with van der Waals surface area (Å²) in [6, 6.07) is 12.8. The molecule has 0 saturated carbocycles. The molecule has 3 aromatic rings. The van der Waals surface area contributed by atoms with Gasteiger partial charge in [-0.25, -0.2) is 4.98 Å². The van der Waals surface area contributed by atoms with E-state index in [2.05, 4.69) is 80.1 Å². The summed E-state index contributed by atoms with van der Waals surface area (Å²) >= 11 is 2.43. The number of hydrogen-bond donors (Lipinski definition) is 1. The summed E-state index contributed by atoms with van der Waals surface area (Å²) in [5.41, 5.74) is 5.14. The maximum absolute atomic E-state index is 4.38. The first kappa shape index (κ1) is 14.9. The number of benzene rings is 1. The molecule has 2 aromatic heterocycles. The van der Waals surface area contributed by atoms with Gasteiger partial charge in [-0.15, -0.1) is 0 Å². The molecule has 3 heterocycles. The van der Waals surface area contributed by atoms with E-state index >= 15 is 0 Å². The molecule has 0 bridgehead atoms. The van der Waals surface area contributed by atoms with Gasteiger partial charge >= 0.3 is 0 Å². The van der Waals surface area contributed by atoms with Crippen LogP contribution in [0.25, 0.3) is 16.6 Å². The van der Waals surface area contributed by atoms with Gasteiger partial charge in [-0.2, -0.15) is 0 Å². The predicted octanol–water partition coefficient (Wildman–Crippen LogP) is 4.46. The molecule has 0 saturated heterocycles. The lowest BCUT2D eigenvalue weighted by Gasteiger charge is -2.26. The summed E-state index contributed by atoms with van der Waals surface area (Å²) in [7, 11) is 0. The number of hydrogen-bond acceptors (Lipinski definition) is 2. The number of rotatable bonds is 3. The van der Waals surface area contributed by atoms with Gasteiger partial charge in [-0.3, -0.25) is 4.90 Å². The molecule has 116 valence electrons. The van der Waals surface area contributed by atoms with Gasteiger partial charge < -0.3 is 4.98 Å². The van der Waals surface area contributed by atoms with Crippen molar-refractivity contribution in [2.75, 3.05) is 13.1 Å². The Morgan fingerprint density at radius 3 is 2.91 bits per heavy atom. The van der Waals surface area contributed by atoms with Crippen LogP contribution in [0.3, 0.4) is 0 Å². The van der Waals surface area contributed by atoms with E-state index in [0.717, 1.165) is 31.7 Å². The van der Waals surface area contributed by atoms with Crippen molar-refractivity contribution in [2.24, 2.45) is 0 Å². The van der Waals surface area contributed by atoms with Crippen LogP contribution in [0.5, 0.6) is 0 Å². The van der Waals surface area contributed by atoms with Crippen molar-refractivity contribution in [2.45, 2.75) is 13.0 Å². The fourth-order valence-corrected chi connectivity index (χ4v) is 3.75. The zero-order valence-electron chi connectivity index (χ0n) is 12.8. The zero-order chi connectivity index (χ0) is 15.6. The Hall–Kier alpha value is -1.66. The quantitative estimate of drug-likeness (QED) is 0.641. The predicted molar refractivity (Wildman–Crippen MR) is 103 cm³/mol. The van der Waals surface area contributed by atoms with Crippen LogP contribution >= 0.6 is 22.6 Å². The number of halogens is 1. The molecule has 1 aliphatic rings. The summed E-state index contributed by atoms with van der Waals surface area (Å²) in [5, 5.41) is 1.23. The van der Waals surface area contributed by atoms with Crippen molar-refractivity contribution in [3.8, 4) is 0 Å². The molecule has 0 aliphatic carbocycles. The SMILES string of the molecule is Ic1ccccc1CN1CC=C(c2c[nH]c3ncccc23)CC1. The highest BCUT2D eigenvalue weighted by atomic mass is 127. The summed E-state index contributed by atoms with van der Waals surface area (Å²) in [6.07, 6.45) is 7.39. The lowest BCUT2D eigenvalue weighted by atomic mass is 9.99. The number of nitrogens with one attached hydrogen (secondary N) is 1. The summed E-state index contributed by atoms with van der Waals surface area (Å²) < 4.78 is 1.35. The van der Waals surface area contributed by atoms with E-state index < -0.39 is 0 Å². The van der Waals surface area contributed by atoms with E-state index in [1.165, 1.54) is 25.7 Å². The molecule has 1 aliphatic heterocycles. The summed E-state index contributed by atoms with van der Waals surface area (Å²) in [4.78, 5) is 10.2. The Bertz CT molecular complexity index is 866. The molecule has 23 heavy (non-hydrogen) atoms. The maximum atomic E-state index is 4.38. The molecule has 0 atom stereocenters. The van der Waals surface area contributed by atoms with Gasteiger partial charge in [-0.1, -0.05) is 24.3 Å². The van der Waals surface area contributed by atoms with Crippen molar-refractivity contribution < 1.29 is 0 Å². The van der Waals surface area contributed by atoms with Crippen LogP contribution in [-0.2, 0) is 6.54 Å². The minimum atomic E-state index is 0.977. The molecule has 0 unspecified atom stereocenters. The molecule has 4 rings (SSSR count). The fourth-order valence-electron chi connectivity index (χ4n) is 3.19. The van der Waals surface area contributed by atoms with Crippen molar-refractivity contribution >= 4 is 39.2 Å². The topological polar surface area (TPSA) is 31.9 Å². The number of pyridine rings is 1. The second kappa shape index (κ2) is 6.45. The van der Waals surface area contributed by atoms with Gasteiger partial charge in [0.15, 0.2) is 0 Å². The number of H-pyrrole nitrogens is 1.